The third-order valence-electron chi connectivity index (χ3n) is 2.85. The molecule has 2 atom stereocenters. The van der Waals surface area contributed by atoms with Crippen molar-refractivity contribution in [3.8, 4) is 0 Å². The summed E-state index contributed by atoms with van der Waals surface area (Å²) in [5, 5.41) is 10.5. The van der Waals surface area contributed by atoms with Crippen LogP contribution in [0.2, 0.25) is 0 Å². The van der Waals surface area contributed by atoms with Crippen LogP contribution >= 0.6 is 11.8 Å². The van der Waals surface area contributed by atoms with Crippen molar-refractivity contribution >= 4 is 17.7 Å². The zero-order chi connectivity index (χ0) is 12.7. The smallest absolute Gasteiger partial charge is 0.308 e. The fourth-order valence-corrected chi connectivity index (χ4v) is 3.22. The van der Waals surface area contributed by atoms with Crippen molar-refractivity contribution in [2.24, 2.45) is 0 Å². The molecule has 1 aliphatic heterocycles. The maximum absolute atomic E-state index is 11.2. The molecule has 0 saturated carbocycles. The van der Waals surface area contributed by atoms with E-state index in [1.807, 2.05) is 11.8 Å². The number of carbonyl (C=O) groups excluding carboxylic acids is 1. The molecule has 1 heterocycles. The lowest BCUT2D eigenvalue weighted by molar-refractivity contribution is -0.145. The number of esters is 1. The number of aliphatic hydroxyl groups is 1. The molecule has 17 heavy (non-hydrogen) atoms. The summed E-state index contributed by atoms with van der Waals surface area (Å²) in [7, 11) is 0. The largest absolute Gasteiger partial charge is 0.466 e. The molecule has 0 aromatic heterocycles. The molecule has 1 saturated heterocycles. The first-order valence-electron chi connectivity index (χ1n) is 6.33. The molecular weight excluding hydrogens is 238 g/mol. The fourth-order valence-electron chi connectivity index (χ4n) is 1.97. The first kappa shape index (κ1) is 14.8. The first-order valence-corrected chi connectivity index (χ1v) is 7.38. The van der Waals surface area contributed by atoms with Gasteiger partial charge >= 0.3 is 5.97 Å². The van der Waals surface area contributed by atoms with Crippen LogP contribution in [0.1, 0.15) is 26.7 Å². The Bertz CT molecular complexity index is 238. The van der Waals surface area contributed by atoms with Crippen LogP contribution in [0, 0.1) is 0 Å². The molecule has 100 valence electrons. The van der Waals surface area contributed by atoms with Gasteiger partial charge in [0, 0.05) is 30.6 Å². The van der Waals surface area contributed by atoms with Crippen molar-refractivity contribution in [2.45, 2.75) is 38.0 Å². The van der Waals surface area contributed by atoms with Crippen molar-refractivity contribution in [3.05, 3.63) is 0 Å². The number of rotatable bonds is 6. The third kappa shape index (κ3) is 5.75. The Morgan fingerprint density at radius 2 is 2.35 bits per heavy atom. The molecule has 1 rings (SSSR count). The number of aliphatic hydroxyl groups excluding tert-OH is 1. The molecule has 1 N–H and O–H groups in total. The molecule has 0 aliphatic carbocycles. The van der Waals surface area contributed by atoms with Crippen LogP contribution in [-0.4, -0.2) is 59.3 Å². The molecule has 0 bridgehead atoms. The standard InChI is InChI=1S/C12H23NO3S/c1-3-11-9-13(5-6-17-11)8-10(14)7-12(15)16-4-2/h10-11,14H,3-9H2,1-2H3. The second kappa shape index (κ2) is 7.95. The Hall–Kier alpha value is -0.260. The summed E-state index contributed by atoms with van der Waals surface area (Å²) in [6, 6.07) is 0. The maximum Gasteiger partial charge on any atom is 0.308 e. The average molecular weight is 261 g/mol. The number of thioether (sulfide) groups is 1. The third-order valence-corrected chi connectivity index (χ3v) is 4.23. The lowest BCUT2D eigenvalue weighted by atomic mass is 10.2. The van der Waals surface area contributed by atoms with E-state index < -0.39 is 6.10 Å². The van der Waals surface area contributed by atoms with Crippen molar-refractivity contribution in [3.63, 3.8) is 0 Å². The van der Waals surface area contributed by atoms with Gasteiger partial charge in [-0.05, 0) is 13.3 Å². The molecule has 0 spiro atoms. The van der Waals surface area contributed by atoms with E-state index in [1.165, 1.54) is 0 Å². The van der Waals surface area contributed by atoms with Crippen LogP contribution < -0.4 is 0 Å². The molecule has 0 radical (unpaired) electrons. The zero-order valence-corrected chi connectivity index (χ0v) is 11.5. The number of nitrogens with zero attached hydrogens (tertiary/aromatic N) is 1. The molecule has 0 amide bonds. The van der Waals surface area contributed by atoms with E-state index in [0.717, 1.165) is 25.3 Å². The Kier molecular flexibility index (Phi) is 6.92. The highest BCUT2D eigenvalue weighted by Crippen LogP contribution is 2.21. The minimum absolute atomic E-state index is 0.105. The summed E-state index contributed by atoms with van der Waals surface area (Å²) in [6.07, 6.45) is 0.665. The molecule has 1 aliphatic rings. The minimum Gasteiger partial charge on any atom is -0.466 e. The molecule has 0 aromatic rings. The van der Waals surface area contributed by atoms with Crippen molar-refractivity contribution < 1.29 is 14.6 Å². The van der Waals surface area contributed by atoms with Gasteiger partial charge in [0.05, 0.1) is 19.1 Å². The van der Waals surface area contributed by atoms with E-state index in [2.05, 4.69) is 11.8 Å². The van der Waals surface area contributed by atoms with E-state index in [0.29, 0.717) is 18.4 Å². The van der Waals surface area contributed by atoms with E-state index in [1.54, 1.807) is 6.92 Å². The number of ether oxygens (including phenoxy) is 1. The highest BCUT2D eigenvalue weighted by molar-refractivity contribution is 8.00. The average Bonchev–Trinajstić information content (AvgIpc) is 2.29. The van der Waals surface area contributed by atoms with E-state index in [4.69, 9.17) is 4.74 Å². The summed E-state index contributed by atoms with van der Waals surface area (Å²) < 4.78 is 4.82. The molecule has 1 fully saturated rings. The SMILES string of the molecule is CCOC(=O)CC(O)CN1CCSC(CC)C1. The molecule has 2 unspecified atom stereocenters. The van der Waals surface area contributed by atoms with Gasteiger partial charge < -0.3 is 9.84 Å². The minimum atomic E-state index is -0.602. The quantitative estimate of drug-likeness (QED) is 0.726. The van der Waals surface area contributed by atoms with Gasteiger partial charge in [0.15, 0.2) is 0 Å². The van der Waals surface area contributed by atoms with Crippen LogP contribution in [0.4, 0.5) is 0 Å². The Morgan fingerprint density at radius 1 is 1.59 bits per heavy atom. The summed E-state index contributed by atoms with van der Waals surface area (Å²) in [5.41, 5.74) is 0. The predicted octanol–water partition coefficient (Wildman–Crippen LogP) is 1.13. The molecule has 5 heteroatoms. The van der Waals surface area contributed by atoms with E-state index in [9.17, 15) is 9.90 Å². The molecule has 0 aromatic carbocycles. The lowest BCUT2D eigenvalue weighted by Gasteiger charge is -2.32. The molecular formula is C12H23NO3S. The van der Waals surface area contributed by atoms with Gasteiger partial charge in [-0.2, -0.15) is 11.8 Å². The van der Waals surface area contributed by atoms with Crippen LogP contribution in [0.25, 0.3) is 0 Å². The summed E-state index contributed by atoms with van der Waals surface area (Å²) in [5.74, 6) is 0.809. The van der Waals surface area contributed by atoms with Crippen LogP contribution in [0.15, 0.2) is 0 Å². The van der Waals surface area contributed by atoms with E-state index in [-0.39, 0.29) is 12.4 Å². The normalized spacial score (nSPS) is 23.4. The highest BCUT2D eigenvalue weighted by Gasteiger charge is 2.22. The summed E-state index contributed by atoms with van der Waals surface area (Å²) in [4.78, 5) is 13.5. The van der Waals surface area contributed by atoms with Crippen LogP contribution in [0.5, 0.6) is 0 Å². The summed E-state index contributed by atoms with van der Waals surface area (Å²) >= 11 is 2.00. The fraction of sp³-hybridized carbons (Fsp3) is 0.917. The van der Waals surface area contributed by atoms with Gasteiger partial charge in [-0.3, -0.25) is 9.69 Å². The molecule has 4 nitrogen and oxygen atoms in total. The second-order valence-electron chi connectivity index (χ2n) is 4.32. The van der Waals surface area contributed by atoms with Gasteiger partial charge in [0.2, 0.25) is 0 Å². The lowest BCUT2D eigenvalue weighted by Crippen LogP contribution is -2.42. The van der Waals surface area contributed by atoms with Crippen molar-refractivity contribution in [1.82, 2.24) is 4.90 Å². The highest BCUT2D eigenvalue weighted by atomic mass is 32.2. The second-order valence-corrected chi connectivity index (χ2v) is 5.73. The Labute approximate surface area is 108 Å². The Morgan fingerprint density at radius 3 is 3.00 bits per heavy atom. The van der Waals surface area contributed by atoms with Gasteiger partial charge in [0.1, 0.15) is 0 Å². The number of carbonyl (C=O) groups is 1. The van der Waals surface area contributed by atoms with Crippen molar-refractivity contribution in [2.75, 3.05) is 32.0 Å². The van der Waals surface area contributed by atoms with Gasteiger partial charge in [0.25, 0.3) is 0 Å². The van der Waals surface area contributed by atoms with Crippen LogP contribution in [-0.2, 0) is 9.53 Å². The van der Waals surface area contributed by atoms with Crippen LogP contribution in [0.3, 0.4) is 0 Å². The maximum atomic E-state index is 11.2. The predicted molar refractivity (Wildman–Crippen MR) is 70.2 cm³/mol. The van der Waals surface area contributed by atoms with Gasteiger partial charge in [-0.25, -0.2) is 0 Å². The topological polar surface area (TPSA) is 49.8 Å². The first-order chi connectivity index (χ1) is 8.15. The van der Waals surface area contributed by atoms with Crippen molar-refractivity contribution in [1.29, 1.82) is 0 Å². The number of hydrogen-bond acceptors (Lipinski definition) is 5. The number of hydrogen-bond donors (Lipinski definition) is 1. The number of β-amino-alcohol motifs (C(OH)–C–C–N with tert-alkyl or cyclic N) is 1. The Balaban J connectivity index is 2.25. The van der Waals surface area contributed by atoms with Gasteiger partial charge in [-0.1, -0.05) is 6.92 Å². The van der Waals surface area contributed by atoms with Gasteiger partial charge in [-0.15, -0.1) is 0 Å². The van der Waals surface area contributed by atoms with E-state index >= 15 is 0 Å². The summed E-state index contributed by atoms with van der Waals surface area (Å²) in [6.45, 7) is 6.94. The zero-order valence-electron chi connectivity index (χ0n) is 10.7. The monoisotopic (exact) mass is 261 g/mol.